The number of carboxylic acid groups (broad SMARTS) is 1. The van der Waals surface area contributed by atoms with Crippen LogP contribution in [0.3, 0.4) is 0 Å². The molecule has 3 aliphatic rings. The highest BCUT2D eigenvalue weighted by atomic mass is 19.4. The molecule has 0 radical (unpaired) electrons. The van der Waals surface area contributed by atoms with Crippen molar-refractivity contribution in [3.63, 3.8) is 0 Å². The van der Waals surface area contributed by atoms with E-state index >= 15 is 0 Å². The zero-order valence-corrected chi connectivity index (χ0v) is 18.0. The summed E-state index contributed by atoms with van der Waals surface area (Å²) < 4.78 is 43.8. The van der Waals surface area contributed by atoms with Gasteiger partial charge in [-0.2, -0.15) is 13.2 Å². The molecule has 2 atom stereocenters. The molecule has 7 nitrogen and oxygen atoms in total. The van der Waals surface area contributed by atoms with Crippen LogP contribution in [-0.4, -0.2) is 66.0 Å². The van der Waals surface area contributed by atoms with Crippen molar-refractivity contribution in [2.75, 3.05) is 26.2 Å². The van der Waals surface area contributed by atoms with Crippen LogP contribution < -0.4 is 10.1 Å². The van der Waals surface area contributed by atoms with Crippen molar-refractivity contribution < 1.29 is 37.3 Å². The maximum atomic E-state index is 12.6. The van der Waals surface area contributed by atoms with Gasteiger partial charge in [-0.25, -0.2) is 4.79 Å². The first kappa shape index (κ1) is 24.3. The lowest BCUT2D eigenvalue weighted by molar-refractivity contribution is -0.192. The van der Waals surface area contributed by atoms with Crippen molar-refractivity contribution in [1.29, 1.82) is 0 Å². The monoisotopic (exact) mass is 458 g/mol. The highest BCUT2D eigenvalue weighted by molar-refractivity contribution is 5.81. The Bertz CT molecular complexity index is 803. The largest absolute Gasteiger partial charge is 0.490 e. The fourth-order valence-electron chi connectivity index (χ4n) is 4.38. The number of alkyl halides is 3. The third-order valence-corrected chi connectivity index (χ3v) is 6.19. The van der Waals surface area contributed by atoms with Crippen LogP contribution >= 0.6 is 0 Å². The van der Waals surface area contributed by atoms with Crippen LogP contribution in [0, 0.1) is 0 Å². The van der Waals surface area contributed by atoms with Crippen molar-refractivity contribution in [1.82, 2.24) is 10.2 Å². The summed E-state index contributed by atoms with van der Waals surface area (Å²) >= 11 is 0. The number of benzene rings is 1. The van der Waals surface area contributed by atoms with Gasteiger partial charge in [0.05, 0.1) is 6.04 Å². The smallest absolute Gasteiger partial charge is 0.487 e. The van der Waals surface area contributed by atoms with Crippen LogP contribution in [0.2, 0.25) is 0 Å². The second-order valence-electron chi connectivity index (χ2n) is 8.33. The summed E-state index contributed by atoms with van der Waals surface area (Å²) in [6.45, 7) is 6.11. The molecule has 1 amide bonds. The number of nitrogens with one attached hydrogen (secondary N) is 1. The Morgan fingerprint density at radius 3 is 2.47 bits per heavy atom. The fraction of sp³-hybridized carbons (Fsp3) is 0.636. The predicted molar refractivity (Wildman–Crippen MR) is 109 cm³/mol. The molecule has 3 heterocycles. The molecule has 178 valence electrons. The summed E-state index contributed by atoms with van der Waals surface area (Å²) in [5.74, 6) is -1.80. The fourth-order valence-corrected chi connectivity index (χ4v) is 4.38. The molecule has 0 saturated carbocycles. The van der Waals surface area contributed by atoms with Gasteiger partial charge in [-0.05, 0) is 38.3 Å². The van der Waals surface area contributed by atoms with Gasteiger partial charge in [-0.15, -0.1) is 0 Å². The van der Waals surface area contributed by atoms with Gasteiger partial charge in [0, 0.05) is 31.7 Å². The molecular weight excluding hydrogens is 429 g/mol. The Morgan fingerprint density at radius 2 is 1.91 bits per heavy atom. The molecule has 32 heavy (non-hydrogen) atoms. The number of piperidine rings is 1. The predicted octanol–water partition coefficient (Wildman–Crippen LogP) is 3.29. The standard InChI is InChI=1S/C20H28N2O3.C2HF3O2/c1-2-22-11-9-20(10-12-22)14-16(15-6-3-4-7-17(15)25-20)21-19(23)18-8-5-13-24-18;3-2(4,5)1(6)7/h3-4,6-7,16,18H,2,5,8-14H2,1H3,(H,21,23);(H,6,7)/t16?,18-;/m1./s1. The maximum absolute atomic E-state index is 12.6. The number of hydrogen-bond donors (Lipinski definition) is 2. The number of carboxylic acids is 1. The Kier molecular flexibility index (Phi) is 7.66. The third-order valence-electron chi connectivity index (χ3n) is 6.19. The van der Waals surface area contributed by atoms with E-state index in [2.05, 4.69) is 23.2 Å². The third kappa shape index (κ3) is 5.92. The molecule has 3 aliphatic heterocycles. The highest BCUT2D eigenvalue weighted by Gasteiger charge is 2.44. The summed E-state index contributed by atoms with van der Waals surface area (Å²) in [4.78, 5) is 24.0. The van der Waals surface area contributed by atoms with Gasteiger partial charge in [0.2, 0.25) is 5.91 Å². The summed E-state index contributed by atoms with van der Waals surface area (Å²) in [6.07, 6.45) is -0.692. The zero-order valence-electron chi connectivity index (χ0n) is 18.0. The van der Waals surface area contributed by atoms with E-state index in [0.717, 1.165) is 63.1 Å². The molecule has 0 aliphatic carbocycles. The van der Waals surface area contributed by atoms with E-state index in [1.54, 1.807) is 0 Å². The first-order valence-corrected chi connectivity index (χ1v) is 10.9. The number of carbonyl (C=O) groups excluding carboxylic acids is 1. The van der Waals surface area contributed by atoms with Gasteiger partial charge in [0.25, 0.3) is 0 Å². The van der Waals surface area contributed by atoms with E-state index in [-0.39, 0.29) is 23.7 Å². The number of nitrogens with zero attached hydrogens (tertiary/aromatic N) is 1. The quantitative estimate of drug-likeness (QED) is 0.723. The van der Waals surface area contributed by atoms with Crippen LogP contribution in [0.1, 0.15) is 50.6 Å². The number of halogens is 3. The second-order valence-corrected chi connectivity index (χ2v) is 8.33. The number of fused-ring (bicyclic) bond motifs is 1. The van der Waals surface area contributed by atoms with Crippen molar-refractivity contribution in [2.45, 2.75) is 63.0 Å². The Hall–Kier alpha value is -2.33. The number of rotatable bonds is 3. The van der Waals surface area contributed by atoms with Crippen molar-refractivity contribution >= 4 is 11.9 Å². The SMILES string of the molecule is CCN1CCC2(CC1)CC(NC(=O)[C@H]1CCCO1)c1ccccc1O2.O=C(O)C(F)(F)F. The number of likely N-dealkylation sites (tertiary alicyclic amines) is 1. The number of amides is 1. The van der Waals surface area contributed by atoms with Crippen LogP contribution in [0.4, 0.5) is 13.2 Å². The lowest BCUT2D eigenvalue weighted by Gasteiger charge is -2.47. The number of carbonyl (C=O) groups is 2. The van der Waals surface area contributed by atoms with Gasteiger partial charge in [-0.3, -0.25) is 4.79 Å². The number of aliphatic carboxylic acids is 1. The second kappa shape index (κ2) is 10.1. The first-order valence-electron chi connectivity index (χ1n) is 10.9. The van der Waals surface area contributed by atoms with Gasteiger partial charge in [0.15, 0.2) is 0 Å². The summed E-state index contributed by atoms with van der Waals surface area (Å²) in [7, 11) is 0. The minimum atomic E-state index is -5.08. The van der Waals surface area contributed by atoms with Crippen LogP contribution in [-0.2, 0) is 14.3 Å². The van der Waals surface area contributed by atoms with Crippen molar-refractivity contribution in [2.24, 2.45) is 0 Å². The van der Waals surface area contributed by atoms with E-state index in [4.69, 9.17) is 19.4 Å². The summed E-state index contributed by atoms with van der Waals surface area (Å²) in [5, 5.41) is 10.4. The first-order chi connectivity index (χ1) is 15.1. The molecule has 1 spiro atoms. The Morgan fingerprint density at radius 1 is 1.25 bits per heavy atom. The van der Waals surface area contributed by atoms with Gasteiger partial charge >= 0.3 is 12.1 Å². The van der Waals surface area contributed by atoms with E-state index in [9.17, 15) is 18.0 Å². The zero-order chi connectivity index (χ0) is 23.4. The van der Waals surface area contributed by atoms with Gasteiger partial charge in [-0.1, -0.05) is 25.1 Å². The van der Waals surface area contributed by atoms with Crippen LogP contribution in [0.15, 0.2) is 24.3 Å². The lowest BCUT2D eigenvalue weighted by Crippen LogP contribution is -2.52. The molecule has 2 saturated heterocycles. The van der Waals surface area contributed by atoms with Crippen LogP contribution in [0.25, 0.3) is 0 Å². The molecule has 1 aromatic carbocycles. The van der Waals surface area contributed by atoms with Crippen molar-refractivity contribution in [3.05, 3.63) is 29.8 Å². The number of ether oxygens (including phenoxy) is 2. The molecule has 1 unspecified atom stereocenters. The Labute approximate surface area is 184 Å². The molecule has 0 aromatic heterocycles. The summed E-state index contributed by atoms with van der Waals surface area (Å²) in [5.41, 5.74) is 0.937. The van der Waals surface area contributed by atoms with E-state index in [1.165, 1.54) is 0 Å². The lowest BCUT2D eigenvalue weighted by atomic mass is 9.80. The average molecular weight is 458 g/mol. The minimum absolute atomic E-state index is 0.00910. The molecule has 0 bridgehead atoms. The molecule has 1 aromatic rings. The molecule has 4 rings (SSSR count). The number of hydrogen-bond acceptors (Lipinski definition) is 5. The maximum Gasteiger partial charge on any atom is 0.490 e. The molecular formula is C22H29F3N2O5. The van der Waals surface area contributed by atoms with E-state index in [0.29, 0.717) is 6.61 Å². The van der Waals surface area contributed by atoms with E-state index in [1.807, 2.05) is 18.2 Å². The van der Waals surface area contributed by atoms with Crippen molar-refractivity contribution in [3.8, 4) is 5.75 Å². The highest BCUT2D eigenvalue weighted by Crippen LogP contribution is 2.44. The topological polar surface area (TPSA) is 88.1 Å². The summed E-state index contributed by atoms with van der Waals surface area (Å²) in [6, 6.07) is 8.15. The van der Waals surface area contributed by atoms with E-state index < -0.39 is 12.1 Å². The normalized spacial score (nSPS) is 24.6. The van der Waals surface area contributed by atoms with Crippen LogP contribution in [0.5, 0.6) is 5.75 Å². The molecule has 2 N–H and O–H groups in total. The minimum Gasteiger partial charge on any atom is -0.487 e. The van der Waals surface area contributed by atoms with Gasteiger partial charge in [0.1, 0.15) is 17.5 Å². The number of para-hydroxylation sites is 1. The average Bonchev–Trinajstić information content (AvgIpc) is 3.29. The van der Waals surface area contributed by atoms with Gasteiger partial charge < -0.3 is 24.8 Å². The Balaban J connectivity index is 0.000000360. The molecule has 2 fully saturated rings. The molecule has 10 heteroatoms.